The second kappa shape index (κ2) is 3.41. The third-order valence-corrected chi connectivity index (χ3v) is 1.63. The molecule has 0 aromatic heterocycles. The van der Waals surface area contributed by atoms with Crippen molar-refractivity contribution in [3.05, 3.63) is 17.4 Å². The summed E-state index contributed by atoms with van der Waals surface area (Å²) in [4.78, 5) is 10.5. The van der Waals surface area contributed by atoms with E-state index in [-0.39, 0.29) is 5.75 Å². The number of aromatic hydroxyl groups is 2. The number of ether oxygens (including phenoxy) is 1. The van der Waals surface area contributed by atoms with Crippen molar-refractivity contribution in [2.45, 2.75) is 0 Å². The number of benzene rings is 1. The van der Waals surface area contributed by atoms with Crippen molar-refractivity contribution in [2.24, 2.45) is 0 Å². The number of carboxylic acids is 1. The predicted molar refractivity (Wildman–Crippen MR) is 43.2 cm³/mol. The number of aromatic carboxylic acids is 1. The molecule has 1 aromatic carbocycles. The Morgan fingerprint density at radius 3 is 2.43 bits per heavy atom. The van der Waals surface area contributed by atoms with Gasteiger partial charge in [-0.25, -0.2) is 9.18 Å². The molecule has 0 aliphatic heterocycles. The van der Waals surface area contributed by atoms with Crippen molar-refractivity contribution in [1.29, 1.82) is 0 Å². The fourth-order valence-corrected chi connectivity index (χ4v) is 0.922. The molecule has 0 bridgehead atoms. The third-order valence-electron chi connectivity index (χ3n) is 1.63. The Bertz CT molecular complexity index is 388. The van der Waals surface area contributed by atoms with Crippen LogP contribution in [0, 0.1) is 5.82 Å². The first-order valence-electron chi connectivity index (χ1n) is 3.50. The van der Waals surface area contributed by atoms with Crippen LogP contribution in [0.25, 0.3) is 0 Å². The second-order valence-corrected chi connectivity index (χ2v) is 2.44. The Kier molecular flexibility index (Phi) is 2.46. The molecule has 3 N–H and O–H groups in total. The standard InChI is InChI=1S/C8H7FO5/c1-14-4-2-3(8(12)13)5(9)7(11)6(4)10/h2,10-11H,1H3,(H,12,13). The maximum Gasteiger partial charge on any atom is 0.338 e. The van der Waals surface area contributed by atoms with Gasteiger partial charge in [0.1, 0.15) is 5.56 Å². The fraction of sp³-hybridized carbons (Fsp3) is 0.125. The highest BCUT2D eigenvalue weighted by Gasteiger charge is 2.21. The molecule has 6 heteroatoms. The molecule has 0 unspecified atom stereocenters. The van der Waals surface area contributed by atoms with Gasteiger partial charge in [0, 0.05) is 6.07 Å². The average Bonchev–Trinajstić information content (AvgIpc) is 2.14. The zero-order chi connectivity index (χ0) is 10.9. The summed E-state index contributed by atoms with van der Waals surface area (Å²) in [5.41, 5.74) is -0.767. The predicted octanol–water partition coefficient (Wildman–Crippen LogP) is 0.944. The van der Waals surface area contributed by atoms with Crippen LogP contribution in [-0.2, 0) is 0 Å². The van der Waals surface area contributed by atoms with Crippen LogP contribution in [0.3, 0.4) is 0 Å². The molecule has 0 aliphatic rings. The Hall–Kier alpha value is -1.98. The smallest absolute Gasteiger partial charge is 0.338 e. The molecule has 0 aliphatic carbocycles. The first kappa shape index (κ1) is 10.1. The molecule has 5 nitrogen and oxygen atoms in total. The molecule has 0 fully saturated rings. The molecule has 1 rings (SSSR count). The number of methoxy groups -OCH3 is 1. The second-order valence-electron chi connectivity index (χ2n) is 2.44. The van der Waals surface area contributed by atoms with Crippen molar-refractivity contribution in [2.75, 3.05) is 7.11 Å². The monoisotopic (exact) mass is 202 g/mol. The van der Waals surface area contributed by atoms with E-state index in [9.17, 15) is 9.18 Å². The summed E-state index contributed by atoms with van der Waals surface area (Å²) in [7, 11) is 1.15. The van der Waals surface area contributed by atoms with E-state index < -0.39 is 28.8 Å². The van der Waals surface area contributed by atoms with Gasteiger partial charge in [0.2, 0.25) is 5.75 Å². The van der Waals surface area contributed by atoms with Gasteiger partial charge in [0.25, 0.3) is 0 Å². The number of hydrogen-bond donors (Lipinski definition) is 3. The Morgan fingerprint density at radius 2 is 2.00 bits per heavy atom. The van der Waals surface area contributed by atoms with Crippen LogP contribution >= 0.6 is 0 Å². The summed E-state index contributed by atoms with van der Waals surface area (Å²) in [6.07, 6.45) is 0. The van der Waals surface area contributed by atoms with Crippen LogP contribution in [0.1, 0.15) is 10.4 Å². The lowest BCUT2D eigenvalue weighted by Crippen LogP contribution is -2.01. The van der Waals surface area contributed by atoms with Crippen molar-refractivity contribution < 1.29 is 29.2 Å². The molecule has 0 saturated heterocycles. The van der Waals surface area contributed by atoms with Gasteiger partial charge in [-0.1, -0.05) is 0 Å². The van der Waals surface area contributed by atoms with Crippen molar-refractivity contribution in [1.82, 2.24) is 0 Å². The first-order chi connectivity index (χ1) is 6.49. The summed E-state index contributed by atoms with van der Waals surface area (Å²) in [6, 6.07) is 0.784. The van der Waals surface area contributed by atoms with Gasteiger partial charge in [-0.2, -0.15) is 0 Å². The summed E-state index contributed by atoms with van der Waals surface area (Å²) in [5.74, 6) is -5.22. The largest absolute Gasteiger partial charge is 0.502 e. The summed E-state index contributed by atoms with van der Waals surface area (Å²) >= 11 is 0. The lowest BCUT2D eigenvalue weighted by atomic mass is 10.1. The van der Waals surface area contributed by atoms with Crippen molar-refractivity contribution in [3.8, 4) is 17.2 Å². The highest BCUT2D eigenvalue weighted by molar-refractivity contribution is 5.89. The van der Waals surface area contributed by atoms with Crippen LogP contribution in [0.4, 0.5) is 4.39 Å². The Morgan fingerprint density at radius 1 is 1.43 bits per heavy atom. The Labute approximate surface area is 78.0 Å². The number of hydrogen-bond acceptors (Lipinski definition) is 4. The van der Waals surface area contributed by atoms with Crippen LogP contribution in [0.5, 0.6) is 17.2 Å². The molecule has 0 atom stereocenters. The number of carbonyl (C=O) groups is 1. The fourth-order valence-electron chi connectivity index (χ4n) is 0.922. The van der Waals surface area contributed by atoms with Gasteiger partial charge < -0.3 is 20.1 Å². The highest BCUT2D eigenvalue weighted by Crippen LogP contribution is 2.38. The SMILES string of the molecule is COc1cc(C(=O)O)c(F)c(O)c1O. The van der Waals surface area contributed by atoms with Crippen LogP contribution < -0.4 is 4.74 Å². The molecule has 0 amide bonds. The summed E-state index contributed by atoms with van der Waals surface area (Å²) in [6.45, 7) is 0. The van der Waals surface area contributed by atoms with Crippen LogP contribution in [-0.4, -0.2) is 28.4 Å². The van der Waals surface area contributed by atoms with E-state index in [0.717, 1.165) is 13.2 Å². The molecule has 0 radical (unpaired) electrons. The van der Waals surface area contributed by atoms with Gasteiger partial charge in [-0.3, -0.25) is 0 Å². The van der Waals surface area contributed by atoms with Gasteiger partial charge in [-0.15, -0.1) is 0 Å². The molecule has 1 aromatic rings. The van der Waals surface area contributed by atoms with Crippen LogP contribution in [0.2, 0.25) is 0 Å². The molecule has 0 saturated carbocycles. The quantitative estimate of drug-likeness (QED) is 0.621. The van der Waals surface area contributed by atoms with Crippen molar-refractivity contribution in [3.63, 3.8) is 0 Å². The number of carboxylic acid groups (broad SMARTS) is 1. The topological polar surface area (TPSA) is 87.0 Å². The lowest BCUT2D eigenvalue weighted by molar-refractivity contribution is 0.0690. The van der Waals surface area contributed by atoms with E-state index >= 15 is 0 Å². The average molecular weight is 202 g/mol. The van der Waals surface area contributed by atoms with E-state index in [2.05, 4.69) is 4.74 Å². The van der Waals surface area contributed by atoms with Crippen molar-refractivity contribution >= 4 is 5.97 Å². The van der Waals surface area contributed by atoms with E-state index in [4.69, 9.17) is 15.3 Å². The zero-order valence-corrected chi connectivity index (χ0v) is 7.11. The maximum atomic E-state index is 13.0. The minimum atomic E-state index is -1.56. The minimum Gasteiger partial charge on any atom is -0.502 e. The van der Waals surface area contributed by atoms with E-state index in [1.165, 1.54) is 0 Å². The molecule has 0 spiro atoms. The number of rotatable bonds is 2. The number of halogens is 1. The van der Waals surface area contributed by atoms with E-state index in [1.54, 1.807) is 0 Å². The van der Waals surface area contributed by atoms with E-state index in [0.29, 0.717) is 0 Å². The molecule has 0 heterocycles. The summed E-state index contributed by atoms with van der Waals surface area (Å²) < 4.78 is 17.5. The number of phenolic OH excluding ortho intramolecular Hbond substituents is 2. The molecule has 76 valence electrons. The number of phenols is 2. The van der Waals surface area contributed by atoms with Crippen LogP contribution in [0.15, 0.2) is 6.07 Å². The van der Waals surface area contributed by atoms with Gasteiger partial charge in [0.05, 0.1) is 7.11 Å². The lowest BCUT2D eigenvalue weighted by Gasteiger charge is -2.07. The maximum absolute atomic E-state index is 13.0. The third kappa shape index (κ3) is 1.41. The molecular weight excluding hydrogens is 195 g/mol. The summed E-state index contributed by atoms with van der Waals surface area (Å²) in [5, 5.41) is 26.6. The molecular formula is C8H7FO5. The van der Waals surface area contributed by atoms with E-state index in [1.807, 2.05) is 0 Å². The zero-order valence-electron chi connectivity index (χ0n) is 7.11. The van der Waals surface area contributed by atoms with Gasteiger partial charge in [0.15, 0.2) is 17.3 Å². The Balaban J connectivity index is 3.48. The van der Waals surface area contributed by atoms with Gasteiger partial charge >= 0.3 is 5.97 Å². The first-order valence-corrected chi connectivity index (χ1v) is 3.50. The van der Waals surface area contributed by atoms with Gasteiger partial charge in [-0.05, 0) is 0 Å². The minimum absolute atomic E-state index is 0.304. The molecule has 14 heavy (non-hydrogen) atoms. The normalized spacial score (nSPS) is 9.86. The highest BCUT2D eigenvalue weighted by atomic mass is 19.1.